The molecule has 58 heavy (non-hydrogen) atoms. The molecule has 0 spiro atoms. The second-order valence-corrected chi connectivity index (χ2v) is 19.8. The summed E-state index contributed by atoms with van der Waals surface area (Å²) in [5.41, 5.74) is 7.44. The normalized spacial score (nSPS) is 11.5. The molecule has 4 aromatic heterocycles. The van der Waals surface area contributed by atoms with Gasteiger partial charge in [0, 0.05) is 60.7 Å². The van der Waals surface area contributed by atoms with Crippen molar-refractivity contribution in [3.05, 3.63) is 159 Å². The Morgan fingerprint density at radius 3 is 1.36 bits per heavy atom. The number of hydrogen-bond donors (Lipinski definition) is 2. The Kier molecular flexibility index (Phi) is 13.2. The van der Waals surface area contributed by atoms with Crippen molar-refractivity contribution in [2.24, 2.45) is 0 Å². The van der Waals surface area contributed by atoms with Crippen LogP contribution in [0.4, 0.5) is 17.6 Å². The summed E-state index contributed by atoms with van der Waals surface area (Å²) in [4.78, 5) is 9.98. The number of rotatable bonds is 4. The summed E-state index contributed by atoms with van der Waals surface area (Å²) < 4.78 is 55.5. The summed E-state index contributed by atoms with van der Waals surface area (Å²) in [5.74, 6) is -2.79. The van der Waals surface area contributed by atoms with Crippen molar-refractivity contribution >= 4 is 78.0 Å². The molecule has 0 aliphatic rings. The average molecular weight is 931 g/mol. The first-order valence-corrected chi connectivity index (χ1v) is 21.0. The predicted molar refractivity (Wildman–Crippen MR) is 242 cm³/mol. The number of fused-ring (bicyclic) bond motifs is 2. The van der Waals surface area contributed by atoms with Crippen LogP contribution in [-0.2, 0) is 10.8 Å². The van der Waals surface area contributed by atoms with E-state index in [-0.39, 0.29) is 16.3 Å². The third-order valence-corrected chi connectivity index (χ3v) is 12.2. The summed E-state index contributed by atoms with van der Waals surface area (Å²) in [6.07, 6.45) is 3.68. The highest BCUT2D eigenvalue weighted by Gasteiger charge is 2.17. The van der Waals surface area contributed by atoms with Gasteiger partial charge in [-0.05, 0) is 104 Å². The van der Waals surface area contributed by atoms with E-state index in [1.54, 1.807) is 6.20 Å². The lowest BCUT2D eigenvalue weighted by Crippen LogP contribution is -2.30. The zero-order valence-electron chi connectivity index (χ0n) is 32.6. The van der Waals surface area contributed by atoms with Crippen LogP contribution in [0, 0.1) is 26.2 Å². The Balaban J connectivity index is 0.000000160. The maximum absolute atomic E-state index is 13.6. The molecule has 0 radical (unpaired) electrons. The van der Waals surface area contributed by atoms with Crippen molar-refractivity contribution in [1.82, 2.24) is 9.97 Å². The van der Waals surface area contributed by atoms with Crippen LogP contribution in [0.15, 0.2) is 122 Å². The van der Waals surface area contributed by atoms with Gasteiger partial charge < -0.3 is 10.0 Å². The first kappa shape index (κ1) is 43.1. The molecule has 4 aromatic carbocycles. The molecule has 0 bridgehead atoms. The van der Waals surface area contributed by atoms with Gasteiger partial charge in [0.2, 0.25) is 0 Å². The molecule has 0 saturated carbocycles. The highest BCUT2D eigenvalue weighted by Crippen LogP contribution is 2.39. The minimum Gasteiger partial charge on any atom is -0.423 e. The summed E-state index contributed by atoms with van der Waals surface area (Å²) in [6, 6.07) is 31.4. The van der Waals surface area contributed by atoms with Crippen molar-refractivity contribution < 1.29 is 27.6 Å². The number of thiophene rings is 2. The predicted octanol–water partition coefficient (Wildman–Crippen LogP) is 12.7. The molecule has 0 fully saturated rings. The standard InChI is InChI=1S/C23H19F2NS.C17H16INS.C6H5BF2O2/c1-23(2,3)16-6-4-14(5-7-16)22-19-13-21(27-20(19)8-9-26-22)15-10-17(24)12-18(25)11-15;1-17(2,3)12-6-4-11(5-7-12)16-13-10-15(18)20-14(13)8-9-19-16;8-5-1-4(7(10)11)2-6(9)3-5/h4-13H,1-3H3;4-10H,1-3H3;1-3,10-11H. The number of pyridine rings is 2. The molecule has 0 aliphatic carbocycles. The molecular formula is C46H40BF4IN2O2S2. The van der Waals surface area contributed by atoms with Gasteiger partial charge in [0.05, 0.1) is 14.3 Å². The second-order valence-electron chi connectivity index (χ2n) is 15.7. The number of benzene rings is 4. The van der Waals surface area contributed by atoms with Crippen LogP contribution < -0.4 is 5.46 Å². The minimum absolute atomic E-state index is 0.0922. The van der Waals surface area contributed by atoms with E-state index in [0.717, 1.165) is 50.1 Å². The molecule has 4 nitrogen and oxygen atoms in total. The lowest BCUT2D eigenvalue weighted by Gasteiger charge is -2.19. The number of halogens is 5. The van der Waals surface area contributed by atoms with Crippen molar-refractivity contribution in [3.63, 3.8) is 0 Å². The summed E-state index contributed by atoms with van der Waals surface area (Å²) in [5, 5.41) is 19.2. The molecule has 12 heteroatoms. The van der Waals surface area contributed by atoms with E-state index in [2.05, 4.69) is 135 Å². The monoisotopic (exact) mass is 930 g/mol. The quantitative estimate of drug-likeness (QED) is 0.105. The van der Waals surface area contributed by atoms with E-state index < -0.39 is 30.4 Å². The fraction of sp³-hybridized carbons (Fsp3) is 0.174. The third kappa shape index (κ3) is 10.6. The lowest BCUT2D eigenvalue weighted by atomic mass is 9.80. The SMILES string of the molecule is CC(C)(C)c1ccc(-c2nccc3sc(-c4cc(F)cc(F)c4)cc23)cc1.CC(C)(C)c1ccc(-c2nccc3sc(I)cc23)cc1.OB(O)c1cc(F)cc(F)c1. The molecule has 8 aromatic rings. The Bertz CT molecular complexity index is 2650. The molecule has 4 heterocycles. The maximum Gasteiger partial charge on any atom is 0.488 e. The Hall–Kier alpha value is -4.47. The topological polar surface area (TPSA) is 66.2 Å². The molecule has 296 valence electrons. The minimum atomic E-state index is -1.83. The molecular weight excluding hydrogens is 890 g/mol. The van der Waals surface area contributed by atoms with Crippen molar-refractivity contribution in [3.8, 4) is 33.0 Å². The number of aromatic nitrogens is 2. The maximum atomic E-state index is 13.6. The van der Waals surface area contributed by atoms with Crippen molar-refractivity contribution in [2.75, 3.05) is 0 Å². The summed E-state index contributed by atoms with van der Waals surface area (Å²) in [7, 11) is -1.83. The molecule has 0 saturated heterocycles. The fourth-order valence-corrected chi connectivity index (χ4v) is 9.02. The highest BCUT2D eigenvalue weighted by molar-refractivity contribution is 14.1. The van der Waals surface area contributed by atoms with E-state index >= 15 is 0 Å². The lowest BCUT2D eigenvalue weighted by molar-refractivity contribution is 0.425. The number of hydrogen-bond acceptors (Lipinski definition) is 6. The van der Waals surface area contributed by atoms with Gasteiger partial charge in [-0.25, -0.2) is 17.6 Å². The van der Waals surface area contributed by atoms with E-state index in [1.165, 1.54) is 53.1 Å². The van der Waals surface area contributed by atoms with Gasteiger partial charge in [-0.15, -0.1) is 22.7 Å². The summed E-state index contributed by atoms with van der Waals surface area (Å²) in [6.45, 7) is 13.3. The molecule has 0 unspecified atom stereocenters. The van der Waals surface area contributed by atoms with Crippen LogP contribution in [0.25, 0.3) is 53.1 Å². The van der Waals surface area contributed by atoms with Crippen LogP contribution in [0.3, 0.4) is 0 Å². The van der Waals surface area contributed by atoms with Crippen LogP contribution in [0.5, 0.6) is 0 Å². The van der Waals surface area contributed by atoms with Crippen LogP contribution in [0.2, 0.25) is 0 Å². The van der Waals surface area contributed by atoms with Crippen molar-refractivity contribution in [1.29, 1.82) is 0 Å². The van der Waals surface area contributed by atoms with Gasteiger partial charge in [-0.2, -0.15) is 0 Å². The number of nitrogens with zero attached hydrogens (tertiary/aromatic N) is 2. The van der Waals surface area contributed by atoms with E-state index in [0.29, 0.717) is 11.6 Å². The highest BCUT2D eigenvalue weighted by atomic mass is 127. The second kappa shape index (κ2) is 17.8. The average Bonchev–Trinajstić information content (AvgIpc) is 3.77. The molecule has 0 aliphatic heterocycles. The van der Waals surface area contributed by atoms with Crippen LogP contribution in [0.1, 0.15) is 52.7 Å². The Morgan fingerprint density at radius 2 is 0.931 bits per heavy atom. The van der Waals surface area contributed by atoms with Gasteiger partial charge in [-0.1, -0.05) is 90.1 Å². The van der Waals surface area contributed by atoms with E-state index in [4.69, 9.17) is 10.0 Å². The van der Waals surface area contributed by atoms with E-state index in [9.17, 15) is 17.6 Å². The first-order chi connectivity index (χ1) is 27.3. The smallest absolute Gasteiger partial charge is 0.423 e. The fourth-order valence-electron chi connectivity index (χ4n) is 6.17. The van der Waals surface area contributed by atoms with Crippen LogP contribution in [-0.4, -0.2) is 27.1 Å². The zero-order valence-corrected chi connectivity index (χ0v) is 36.4. The van der Waals surface area contributed by atoms with Gasteiger partial charge in [0.15, 0.2) is 0 Å². The Morgan fingerprint density at radius 1 is 0.517 bits per heavy atom. The largest absolute Gasteiger partial charge is 0.488 e. The van der Waals surface area contributed by atoms with Gasteiger partial charge in [0.25, 0.3) is 0 Å². The van der Waals surface area contributed by atoms with Crippen LogP contribution >= 0.6 is 45.3 Å². The summed E-state index contributed by atoms with van der Waals surface area (Å²) >= 11 is 5.70. The third-order valence-electron chi connectivity index (χ3n) is 9.24. The molecule has 8 rings (SSSR count). The van der Waals surface area contributed by atoms with Gasteiger partial charge in [-0.3, -0.25) is 9.97 Å². The zero-order chi connectivity index (χ0) is 41.9. The first-order valence-electron chi connectivity index (χ1n) is 18.3. The molecule has 2 N–H and O–H groups in total. The van der Waals surface area contributed by atoms with Crippen molar-refractivity contribution in [2.45, 2.75) is 52.4 Å². The molecule has 0 atom stereocenters. The van der Waals surface area contributed by atoms with Gasteiger partial charge in [0.1, 0.15) is 23.3 Å². The Labute approximate surface area is 357 Å². The van der Waals surface area contributed by atoms with E-state index in [1.807, 2.05) is 29.7 Å². The van der Waals surface area contributed by atoms with Gasteiger partial charge >= 0.3 is 7.12 Å². The molecule has 0 amide bonds.